The smallest absolute Gasteiger partial charge is 0.230 e. The van der Waals surface area contributed by atoms with Gasteiger partial charge in [-0.25, -0.2) is 0 Å². The molecule has 1 N–H and O–H groups in total. The summed E-state index contributed by atoms with van der Waals surface area (Å²) >= 11 is 0. The van der Waals surface area contributed by atoms with E-state index in [2.05, 4.69) is 27.5 Å². The molecule has 0 unspecified atom stereocenters. The topological polar surface area (TPSA) is 54.2 Å². The van der Waals surface area contributed by atoms with Crippen LogP contribution >= 0.6 is 0 Å². The number of hydrogen-bond acceptors (Lipinski definition) is 5. The van der Waals surface area contributed by atoms with Crippen LogP contribution in [0.2, 0.25) is 0 Å². The Morgan fingerprint density at radius 1 is 1.26 bits per heavy atom. The number of nitrogens with one attached hydrogen (secondary N) is 1. The van der Waals surface area contributed by atoms with Gasteiger partial charge in [-0.2, -0.15) is 0 Å². The molecule has 0 amide bonds. The molecule has 0 atom stereocenters. The number of aryl methyl sites for hydroxylation is 1. The van der Waals surface area contributed by atoms with Gasteiger partial charge in [0.1, 0.15) is 0 Å². The van der Waals surface area contributed by atoms with Crippen LogP contribution in [0.4, 0.5) is 0 Å². The van der Waals surface area contributed by atoms with E-state index in [1.807, 2.05) is 6.92 Å². The molecule has 2 rings (SSSR count). The summed E-state index contributed by atoms with van der Waals surface area (Å²) < 4.78 is 5.31. The predicted octanol–water partition coefficient (Wildman–Crippen LogP) is 2.12. The number of aromatic nitrogens is 2. The van der Waals surface area contributed by atoms with Gasteiger partial charge in [0, 0.05) is 13.0 Å². The van der Waals surface area contributed by atoms with E-state index in [0.29, 0.717) is 18.3 Å². The van der Waals surface area contributed by atoms with Crippen molar-refractivity contribution in [3.8, 4) is 0 Å². The lowest BCUT2D eigenvalue weighted by molar-refractivity contribution is 0.189. The number of nitrogens with zero attached hydrogens (tertiary/aromatic N) is 3. The van der Waals surface area contributed by atoms with Crippen molar-refractivity contribution in [2.75, 3.05) is 20.1 Å². The maximum Gasteiger partial charge on any atom is 0.230 e. The van der Waals surface area contributed by atoms with Crippen molar-refractivity contribution in [1.29, 1.82) is 0 Å². The molecular formula is C14H26N4O. The summed E-state index contributed by atoms with van der Waals surface area (Å²) in [6.45, 7) is 4.66. The Hall–Kier alpha value is -0.940. The van der Waals surface area contributed by atoms with Crippen molar-refractivity contribution in [1.82, 2.24) is 20.4 Å². The van der Waals surface area contributed by atoms with Crippen LogP contribution in [-0.4, -0.2) is 41.3 Å². The highest BCUT2D eigenvalue weighted by Gasteiger charge is 2.17. The van der Waals surface area contributed by atoms with Gasteiger partial charge in [0.25, 0.3) is 0 Å². The van der Waals surface area contributed by atoms with Crippen molar-refractivity contribution >= 4 is 0 Å². The van der Waals surface area contributed by atoms with Crippen LogP contribution in [0.25, 0.3) is 0 Å². The van der Waals surface area contributed by atoms with Crippen LogP contribution in [0.15, 0.2) is 4.42 Å². The van der Waals surface area contributed by atoms with E-state index in [0.717, 1.165) is 12.6 Å². The van der Waals surface area contributed by atoms with Crippen molar-refractivity contribution in [3.63, 3.8) is 0 Å². The zero-order valence-electron chi connectivity index (χ0n) is 12.2. The maximum atomic E-state index is 5.31. The van der Waals surface area contributed by atoms with E-state index in [-0.39, 0.29) is 0 Å². The second-order valence-electron chi connectivity index (χ2n) is 5.52. The molecule has 1 aliphatic rings. The first kappa shape index (κ1) is 14.5. The molecule has 5 heteroatoms. The van der Waals surface area contributed by atoms with Crippen LogP contribution < -0.4 is 5.32 Å². The van der Waals surface area contributed by atoms with Gasteiger partial charge in [0.15, 0.2) is 0 Å². The van der Waals surface area contributed by atoms with Crippen molar-refractivity contribution < 1.29 is 4.42 Å². The predicted molar refractivity (Wildman–Crippen MR) is 74.9 cm³/mol. The normalized spacial score (nSPS) is 17.2. The molecule has 0 spiro atoms. The van der Waals surface area contributed by atoms with Crippen LogP contribution in [0, 0.1) is 6.92 Å². The largest absolute Gasteiger partial charge is 0.424 e. The highest BCUT2D eigenvalue weighted by molar-refractivity contribution is 4.78. The SMILES string of the molecule is Cc1nnc(CNCCCN(C)C2CCCCC2)o1. The highest BCUT2D eigenvalue weighted by Crippen LogP contribution is 2.21. The Labute approximate surface area is 115 Å². The monoisotopic (exact) mass is 266 g/mol. The van der Waals surface area contributed by atoms with Gasteiger partial charge in [-0.3, -0.25) is 0 Å². The zero-order chi connectivity index (χ0) is 13.5. The van der Waals surface area contributed by atoms with Crippen LogP contribution in [-0.2, 0) is 6.54 Å². The first-order valence-corrected chi connectivity index (χ1v) is 7.45. The summed E-state index contributed by atoms with van der Waals surface area (Å²) in [5.41, 5.74) is 0. The van der Waals surface area contributed by atoms with Gasteiger partial charge >= 0.3 is 0 Å². The average Bonchev–Trinajstić information content (AvgIpc) is 2.85. The van der Waals surface area contributed by atoms with E-state index >= 15 is 0 Å². The number of hydrogen-bond donors (Lipinski definition) is 1. The molecule has 1 aliphatic carbocycles. The molecule has 1 fully saturated rings. The average molecular weight is 266 g/mol. The van der Waals surface area contributed by atoms with Gasteiger partial charge in [-0.05, 0) is 39.4 Å². The molecule has 0 bridgehead atoms. The third-order valence-electron chi connectivity index (χ3n) is 3.91. The molecule has 1 heterocycles. The van der Waals surface area contributed by atoms with E-state index < -0.39 is 0 Å². The molecule has 0 saturated heterocycles. The van der Waals surface area contributed by atoms with Crippen molar-refractivity contribution in [3.05, 3.63) is 11.8 Å². The lowest BCUT2D eigenvalue weighted by Crippen LogP contribution is -2.35. The Morgan fingerprint density at radius 3 is 2.74 bits per heavy atom. The molecule has 0 aromatic carbocycles. The molecule has 0 radical (unpaired) electrons. The number of rotatable bonds is 7. The van der Waals surface area contributed by atoms with Gasteiger partial charge in [-0.1, -0.05) is 19.3 Å². The standard InChI is InChI=1S/C14H26N4O/c1-12-16-17-14(19-12)11-15-9-6-10-18(2)13-7-4-3-5-8-13/h13,15H,3-11H2,1-2H3. The fraction of sp³-hybridized carbons (Fsp3) is 0.857. The summed E-state index contributed by atoms with van der Waals surface area (Å²) in [6, 6.07) is 0.812. The molecule has 0 aliphatic heterocycles. The third-order valence-corrected chi connectivity index (χ3v) is 3.91. The fourth-order valence-corrected chi connectivity index (χ4v) is 2.76. The Morgan fingerprint density at radius 2 is 2.05 bits per heavy atom. The van der Waals surface area contributed by atoms with Gasteiger partial charge in [0.2, 0.25) is 11.8 Å². The third kappa shape index (κ3) is 4.91. The van der Waals surface area contributed by atoms with Gasteiger partial charge in [-0.15, -0.1) is 10.2 Å². The lowest BCUT2D eigenvalue weighted by Gasteiger charge is -2.31. The van der Waals surface area contributed by atoms with Gasteiger partial charge < -0.3 is 14.6 Å². The second-order valence-corrected chi connectivity index (χ2v) is 5.52. The molecule has 1 saturated carbocycles. The van der Waals surface area contributed by atoms with Crippen LogP contribution in [0.1, 0.15) is 50.3 Å². The minimum atomic E-state index is 0.633. The minimum Gasteiger partial charge on any atom is -0.424 e. The molecule has 1 aromatic heterocycles. The molecular weight excluding hydrogens is 240 g/mol. The fourth-order valence-electron chi connectivity index (χ4n) is 2.76. The Balaban J connectivity index is 1.53. The lowest BCUT2D eigenvalue weighted by atomic mass is 9.94. The molecule has 19 heavy (non-hydrogen) atoms. The first-order chi connectivity index (χ1) is 9.25. The van der Waals surface area contributed by atoms with E-state index in [9.17, 15) is 0 Å². The summed E-state index contributed by atoms with van der Waals surface area (Å²) in [7, 11) is 2.26. The van der Waals surface area contributed by atoms with Crippen LogP contribution in [0.5, 0.6) is 0 Å². The maximum absolute atomic E-state index is 5.31. The summed E-state index contributed by atoms with van der Waals surface area (Å²) in [5.74, 6) is 1.31. The summed E-state index contributed by atoms with van der Waals surface area (Å²) in [4.78, 5) is 2.53. The quantitative estimate of drug-likeness (QED) is 0.766. The molecule has 108 valence electrons. The minimum absolute atomic E-state index is 0.633. The van der Waals surface area contributed by atoms with Gasteiger partial charge in [0.05, 0.1) is 6.54 Å². The highest BCUT2D eigenvalue weighted by atomic mass is 16.4. The Bertz CT molecular complexity index is 360. The first-order valence-electron chi connectivity index (χ1n) is 7.45. The van der Waals surface area contributed by atoms with E-state index in [1.54, 1.807) is 0 Å². The summed E-state index contributed by atoms with van der Waals surface area (Å²) in [5, 5.41) is 11.1. The van der Waals surface area contributed by atoms with Crippen LogP contribution in [0.3, 0.4) is 0 Å². The second kappa shape index (κ2) is 7.60. The van der Waals surface area contributed by atoms with Crippen molar-refractivity contribution in [2.45, 2.75) is 58.0 Å². The zero-order valence-corrected chi connectivity index (χ0v) is 12.2. The van der Waals surface area contributed by atoms with E-state index in [4.69, 9.17) is 4.42 Å². The summed E-state index contributed by atoms with van der Waals surface area (Å²) in [6.07, 6.45) is 8.17. The van der Waals surface area contributed by atoms with Crippen molar-refractivity contribution in [2.24, 2.45) is 0 Å². The molecule has 5 nitrogen and oxygen atoms in total. The molecule has 1 aromatic rings. The van der Waals surface area contributed by atoms with E-state index in [1.165, 1.54) is 45.1 Å². The Kier molecular flexibility index (Phi) is 5.79.